The lowest BCUT2D eigenvalue weighted by atomic mass is 10.2. The summed E-state index contributed by atoms with van der Waals surface area (Å²) in [6.07, 6.45) is 3.05. The van der Waals surface area contributed by atoms with Gasteiger partial charge in [0.15, 0.2) is 0 Å². The molecule has 1 saturated heterocycles. The van der Waals surface area contributed by atoms with Gasteiger partial charge in [0.25, 0.3) is 0 Å². The Labute approximate surface area is 88.1 Å². The number of benzene rings is 1. The monoisotopic (exact) mass is 202 g/mol. The van der Waals surface area contributed by atoms with Crippen LogP contribution in [0.3, 0.4) is 0 Å². The predicted molar refractivity (Wildman–Crippen MR) is 61.0 cm³/mol. The largest absolute Gasteiger partial charge is 0.381 e. The minimum atomic E-state index is 0.564. The zero-order valence-corrected chi connectivity index (χ0v) is 8.46. The van der Waals surface area contributed by atoms with E-state index >= 15 is 0 Å². The van der Waals surface area contributed by atoms with Gasteiger partial charge in [0.05, 0.1) is 11.7 Å². The van der Waals surface area contributed by atoms with Crippen molar-refractivity contribution in [3.05, 3.63) is 24.4 Å². The molecular formula is C11H14N4. The molecule has 1 aliphatic heterocycles. The van der Waals surface area contributed by atoms with Crippen LogP contribution in [0.5, 0.6) is 0 Å². The quantitative estimate of drug-likeness (QED) is 0.688. The molecule has 0 spiro atoms. The first-order valence-electron chi connectivity index (χ1n) is 5.32. The van der Waals surface area contributed by atoms with Crippen LogP contribution in [0.1, 0.15) is 6.42 Å². The van der Waals surface area contributed by atoms with Gasteiger partial charge in [-0.15, -0.1) is 0 Å². The minimum Gasteiger partial charge on any atom is -0.381 e. The number of nitrogens with zero attached hydrogens (tertiary/aromatic N) is 1. The van der Waals surface area contributed by atoms with Crippen molar-refractivity contribution in [3.63, 3.8) is 0 Å². The molecule has 3 rings (SSSR count). The minimum absolute atomic E-state index is 0.564. The molecule has 2 aromatic rings. The Bertz CT molecular complexity index is 456. The molecule has 0 radical (unpaired) electrons. The molecule has 0 amide bonds. The van der Waals surface area contributed by atoms with Gasteiger partial charge in [-0.05, 0) is 31.2 Å². The van der Waals surface area contributed by atoms with Crippen molar-refractivity contribution in [2.24, 2.45) is 0 Å². The normalized spacial score (nSPS) is 20.9. The molecule has 1 aliphatic rings. The Morgan fingerprint density at radius 3 is 3.27 bits per heavy atom. The third-order valence-corrected chi connectivity index (χ3v) is 2.87. The van der Waals surface area contributed by atoms with E-state index in [0.29, 0.717) is 6.04 Å². The number of hydrogen-bond donors (Lipinski definition) is 3. The number of anilines is 1. The molecule has 1 aromatic heterocycles. The van der Waals surface area contributed by atoms with Crippen LogP contribution in [0.25, 0.3) is 10.9 Å². The van der Waals surface area contributed by atoms with Crippen molar-refractivity contribution in [1.82, 2.24) is 15.5 Å². The zero-order chi connectivity index (χ0) is 10.1. The van der Waals surface area contributed by atoms with Crippen LogP contribution in [0.4, 0.5) is 5.69 Å². The molecule has 78 valence electrons. The fourth-order valence-corrected chi connectivity index (χ4v) is 2.05. The lowest BCUT2D eigenvalue weighted by Crippen LogP contribution is -2.21. The SMILES string of the molecule is c1cc2[nH]ncc2cc1N[C@H]1CCNC1. The van der Waals surface area contributed by atoms with Crippen molar-refractivity contribution in [3.8, 4) is 0 Å². The molecule has 0 unspecified atom stereocenters. The van der Waals surface area contributed by atoms with Gasteiger partial charge in [-0.25, -0.2) is 0 Å². The molecule has 0 saturated carbocycles. The summed E-state index contributed by atoms with van der Waals surface area (Å²) in [5.74, 6) is 0. The molecule has 3 N–H and O–H groups in total. The fraction of sp³-hybridized carbons (Fsp3) is 0.364. The average Bonchev–Trinajstić information content (AvgIpc) is 2.87. The average molecular weight is 202 g/mol. The predicted octanol–water partition coefficient (Wildman–Crippen LogP) is 1.34. The maximum Gasteiger partial charge on any atom is 0.0651 e. The summed E-state index contributed by atoms with van der Waals surface area (Å²) in [5, 5.41) is 15.0. The Morgan fingerprint density at radius 1 is 1.40 bits per heavy atom. The van der Waals surface area contributed by atoms with E-state index in [9.17, 15) is 0 Å². The van der Waals surface area contributed by atoms with Crippen molar-refractivity contribution in [2.75, 3.05) is 18.4 Å². The van der Waals surface area contributed by atoms with E-state index in [2.05, 4.69) is 39.0 Å². The second kappa shape index (κ2) is 3.55. The lowest BCUT2D eigenvalue weighted by Gasteiger charge is -2.12. The fourth-order valence-electron chi connectivity index (χ4n) is 2.05. The van der Waals surface area contributed by atoms with Crippen molar-refractivity contribution < 1.29 is 0 Å². The van der Waals surface area contributed by atoms with Crippen molar-refractivity contribution in [2.45, 2.75) is 12.5 Å². The summed E-state index contributed by atoms with van der Waals surface area (Å²) < 4.78 is 0. The Kier molecular flexibility index (Phi) is 2.07. The number of aromatic amines is 1. The summed E-state index contributed by atoms with van der Waals surface area (Å²) >= 11 is 0. The van der Waals surface area contributed by atoms with Crippen LogP contribution in [-0.2, 0) is 0 Å². The molecule has 1 fully saturated rings. The summed E-state index contributed by atoms with van der Waals surface area (Å²) in [4.78, 5) is 0. The van der Waals surface area contributed by atoms with E-state index in [-0.39, 0.29) is 0 Å². The summed E-state index contributed by atoms with van der Waals surface area (Å²) in [6.45, 7) is 2.18. The van der Waals surface area contributed by atoms with Crippen LogP contribution in [-0.4, -0.2) is 29.3 Å². The van der Waals surface area contributed by atoms with Crippen molar-refractivity contribution in [1.29, 1.82) is 0 Å². The van der Waals surface area contributed by atoms with Gasteiger partial charge < -0.3 is 10.6 Å². The number of fused-ring (bicyclic) bond motifs is 1. The first-order chi connectivity index (χ1) is 7.42. The first-order valence-corrected chi connectivity index (χ1v) is 5.32. The second-order valence-electron chi connectivity index (χ2n) is 4.01. The van der Waals surface area contributed by atoms with Gasteiger partial charge in [-0.3, -0.25) is 5.10 Å². The second-order valence-corrected chi connectivity index (χ2v) is 4.01. The van der Waals surface area contributed by atoms with E-state index in [1.807, 2.05) is 6.20 Å². The molecule has 2 heterocycles. The number of nitrogens with one attached hydrogen (secondary N) is 3. The third kappa shape index (κ3) is 1.68. The summed E-state index contributed by atoms with van der Waals surface area (Å²) in [6, 6.07) is 6.86. The number of H-pyrrole nitrogens is 1. The molecule has 0 bridgehead atoms. The summed E-state index contributed by atoms with van der Waals surface area (Å²) in [7, 11) is 0. The molecule has 0 aliphatic carbocycles. The third-order valence-electron chi connectivity index (χ3n) is 2.87. The molecule has 1 atom stereocenters. The molecule has 4 nitrogen and oxygen atoms in total. The topological polar surface area (TPSA) is 52.7 Å². The van der Waals surface area contributed by atoms with E-state index in [1.165, 1.54) is 12.1 Å². The standard InChI is InChI=1S/C11H14N4/c1-2-11-8(6-13-15-11)5-9(1)14-10-3-4-12-7-10/h1-2,5-6,10,12,14H,3-4,7H2,(H,13,15)/t10-/m0/s1. The maximum atomic E-state index is 4.01. The molecule has 1 aromatic carbocycles. The van der Waals surface area contributed by atoms with Gasteiger partial charge in [-0.1, -0.05) is 0 Å². The highest BCUT2D eigenvalue weighted by molar-refractivity contribution is 5.81. The van der Waals surface area contributed by atoms with E-state index in [1.54, 1.807) is 0 Å². The smallest absolute Gasteiger partial charge is 0.0651 e. The summed E-state index contributed by atoms with van der Waals surface area (Å²) in [5.41, 5.74) is 2.27. The van der Waals surface area contributed by atoms with Crippen LogP contribution in [0.15, 0.2) is 24.4 Å². The lowest BCUT2D eigenvalue weighted by molar-refractivity contribution is 0.793. The first kappa shape index (κ1) is 8.73. The maximum absolute atomic E-state index is 4.01. The van der Waals surface area contributed by atoms with E-state index < -0.39 is 0 Å². The van der Waals surface area contributed by atoms with Crippen LogP contribution in [0, 0.1) is 0 Å². The van der Waals surface area contributed by atoms with Gasteiger partial charge in [0, 0.05) is 23.7 Å². The molecule has 15 heavy (non-hydrogen) atoms. The highest BCUT2D eigenvalue weighted by atomic mass is 15.1. The number of aromatic nitrogens is 2. The van der Waals surface area contributed by atoms with Crippen molar-refractivity contribution >= 4 is 16.6 Å². The van der Waals surface area contributed by atoms with Gasteiger partial charge in [0.2, 0.25) is 0 Å². The molecular weight excluding hydrogens is 188 g/mol. The highest BCUT2D eigenvalue weighted by Crippen LogP contribution is 2.18. The van der Waals surface area contributed by atoms with E-state index in [0.717, 1.165) is 24.0 Å². The van der Waals surface area contributed by atoms with Crippen LogP contribution >= 0.6 is 0 Å². The number of rotatable bonds is 2. The Hall–Kier alpha value is -1.55. The molecule has 4 heteroatoms. The highest BCUT2D eigenvalue weighted by Gasteiger charge is 2.13. The van der Waals surface area contributed by atoms with E-state index in [4.69, 9.17) is 0 Å². The Morgan fingerprint density at radius 2 is 2.40 bits per heavy atom. The number of hydrogen-bond acceptors (Lipinski definition) is 3. The van der Waals surface area contributed by atoms with Gasteiger partial charge >= 0.3 is 0 Å². The van der Waals surface area contributed by atoms with Gasteiger partial charge in [-0.2, -0.15) is 5.10 Å². The van der Waals surface area contributed by atoms with Crippen LogP contribution in [0.2, 0.25) is 0 Å². The Balaban J connectivity index is 1.84. The zero-order valence-electron chi connectivity index (χ0n) is 8.46. The van der Waals surface area contributed by atoms with Gasteiger partial charge in [0.1, 0.15) is 0 Å². The van der Waals surface area contributed by atoms with Crippen LogP contribution < -0.4 is 10.6 Å².